The van der Waals surface area contributed by atoms with E-state index in [1.54, 1.807) is 0 Å². The predicted octanol–water partition coefficient (Wildman–Crippen LogP) is 3.58. The van der Waals surface area contributed by atoms with Crippen molar-refractivity contribution in [2.75, 3.05) is 0 Å². The van der Waals surface area contributed by atoms with E-state index in [2.05, 4.69) is 61.8 Å². The molecule has 2 rings (SSSR count). The highest BCUT2D eigenvalue weighted by molar-refractivity contribution is 6.96. The third-order valence-corrected chi connectivity index (χ3v) is 6.47. The zero-order chi connectivity index (χ0) is 12.3. The predicted molar refractivity (Wildman–Crippen MR) is 77.8 cm³/mol. The van der Waals surface area contributed by atoms with Crippen LogP contribution in [-0.2, 0) is 0 Å². The SMILES string of the molecule is C[C@H]1CCC[C@H]1C#C[Si](C)(C)c1ccccc1. The van der Waals surface area contributed by atoms with Crippen LogP contribution in [0.25, 0.3) is 0 Å². The van der Waals surface area contributed by atoms with Gasteiger partial charge < -0.3 is 0 Å². The molecule has 1 aliphatic rings. The van der Waals surface area contributed by atoms with Crippen molar-refractivity contribution in [3.8, 4) is 11.5 Å². The lowest BCUT2D eigenvalue weighted by molar-refractivity contribution is 0.519. The van der Waals surface area contributed by atoms with Crippen LogP contribution in [0, 0.1) is 23.3 Å². The molecule has 0 N–H and O–H groups in total. The molecule has 0 amide bonds. The number of rotatable bonds is 1. The van der Waals surface area contributed by atoms with E-state index in [1.165, 1.54) is 24.4 Å². The third kappa shape index (κ3) is 3.01. The molecule has 0 aliphatic heterocycles. The fourth-order valence-corrected chi connectivity index (χ4v) is 4.28. The summed E-state index contributed by atoms with van der Waals surface area (Å²) in [5.41, 5.74) is 3.64. The van der Waals surface area contributed by atoms with Crippen LogP contribution in [0.1, 0.15) is 26.2 Å². The molecule has 1 fully saturated rings. The van der Waals surface area contributed by atoms with E-state index >= 15 is 0 Å². The summed E-state index contributed by atoms with van der Waals surface area (Å²) in [6.45, 7) is 7.06. The number of hydrogen-bond acceptors (Lipinski definition) is 0. The molecule has 17 heavy (non-hydrogen) atoms. The molecule has 1 aromatic carbocycles. The summed E-state index contributed by atoms with van der Waals surface area (Å²) in [5, 5.41) is 1.46. The first-order valence-electron chi connectivity index (χ1n) is 6.68. The van der Waals surface area contributed by atoms with Crippen LogP contribution < -0.4 is 5.19 Å². The van der Waals surface area contributed by atoms with E-state index < -0.39 is 8.07 Å². The van der Waals surface area contributed by atoms with Crippen molar-refractivity contribution in [1.82, 2.24) is 0 Å². The van der Waals surface area contributed by atoms with Crippen LogP contribution >= 0.6 is 0 Å². The maximum Gasteiger partial charge on any atom is 0.162 e. The second-order valence-electron chi connectivity index (χ2n) is 5.78. The Labute approximate surface area is 106 Å². The molecule has 0 aromatic heterocycles. The van der Waals surface area contributed by atoms with Crippen LogP contribution in [0.5, 0.6) is 0 Å². The minimum Gasteiger partial charge on any atom is -0.126 e. The molecule has 2 atom stereocenters. The molecule has 0 nitrogen and oxygen atoms in total. The fourth-order valence-electron chi connectivity index (χ4n) is 2.56. The van der Waals surface area contributed by atoms with E-state index in [1.807, 2.05) is 0 Å². The Morgan fingerprint density at radius 2 is 1.82 bits per heavy atom. The van der Waals surface area contributed by atoms with Gasteiger partial charge in [0.25, 0.3) is 0 Å². The van der Waals surface area contributed by atoms with E-state index in [0.717, 1.165) is 5.92 Å². The van der Waals surface area contributed by atoms with Crippen LogP contribution in [-0.4, -0.2) is 8.07 Å². The standard InChI is InChI=1S/C16H22Si/c1-14-8-7-9-15(14)12-13-17(2,3)16-10-5-4-6-11-16/h4-6,10-11,14-15H,7-9H2,1-3H3/t14-,15-/m0/s1. The molecule has 0 bridgehead atoms. The van der Waals surface area contributed by atoms with Gasteiger partial charge in [-0.05, 0) is 23.9 Å². The summed E-state index contributed by atoms with van der Waals surface area (Å²) >= 11 is 0. The Bertz CT molecular complexity index is 422. The van der Waals surface area contributed by atoms with Crippen molar-refractivity contribution in [2.45, 2.75) is 39.3 Å². The number of benzene rings is 1. The van der Waals surface area contributed by atoms with Gasteiger partial charge in [-0.3, -0.25) is 0 Å². The van der Waals surface area contributed by atoms with Crippen molar-refractivity contribution in [3.05, 3.63) is 30.3 Å². The lowest BCUT2D eigenvalue weighted by atomic mass is 10.00. The summed E-state index contributed by atoms with van der Waals surface area (Å²) < 4.78 is 0. The van der Waals surface area contributed by atoms with Crippen molar-refractivity contribution < 1.29 is 0 Å². The maximum absolute atomic E-state index is 3.64. The molecule has 0 radical (unpaired) electrons. The van der Waals surface area contributed by atoms with Crippen LogP contribution in [0.3, 0.4) is 0 Å². The minimum atomic E-state index is -1.54. The van der Waals surface area contributed by atoms with Gasteiger partial charge in [0.05, 0.1) is 0 Å². The summed E-state index contributed by atoms with van der Waals surface area (Å²) in [6.07, 6.45) is 4.05. The van der Waals surface area contributed by atoms with Crippen LogP contribution in [0.15, 0.2) is 30.3 Å². The van der Waals surface area contributed by atoms with E-state index in [4.69, 9.17) is 0 Å². The van der Waals surface area contributed by atoms with Gasteiger partial charge in [0.1, 0.15) is 0 Å². The summed E-state index contributed by atoms with van der Waals surface area (Å²) in [7, 11) is -1.54. The minimum absolute atomic E-state index is 0.658. The van der Waals surface area contributed by atoms with Crippen molar-refractivity contribution in [3.63, 3.8) is 0 Å². The Morgan fingerprint density at radius 3 is 2.41 bits per heavy atom. The molecule has 1 aromatic rings. The van der Waals surface area contributed by atoms with Crippen LogP contribution in [0.2, 0.25) is 13.1 Å². The zero-order valence-electron chi connectivity index (χ0n) is 11.2. The molecular formula is C16H22Si. The van der Waals surface area contributed by atoms with Gasteiger partial charge in [-0.25, -0.2) is 0 Å². The molecule has 1 heteroatoms. The number of hydrogen-bond donors (Lipinski definition) is 0. The van der Waals surface area contributed by atoms with Crippen LogP contribution in [0.4, 0.5) is 0 Å². The Kier molecular flexibility index (Phi) is 3.74. The molecular weight excluding hydrogens is 220 g/mol. The Balaban J connectivity index is 2.15. The summed E-state index contributed by atoms with van der Waals surface area (Å²) in [5.74, 6) is 5.05. The zero-order valence-corrected chi connectivity index (χ0v) is 12.2. The average molecular weight is 242 g/mol. The van der Waals surface area contributed by atoms with Gasteiger partial charge >= 0.3 is 0 Å². The quantitative estimate of drug-likeness (QED) is 0.521. The highest BCUT2D eigenvalue weighted by Crippen LogP contribution is 2.30. The highest BCUT2D eigenvalue weighted by Gasteiger charge is 2.24. The Morgan fingerprint density at radius 1 is 1.12 bits per heavy atom. The topological polar surface area (TPSA) is 0 Å². The fraction of sp³-hybridized carbons (Fsp3) is 0.500. The Hall–Kier alpha value is -1.00. The van der Waals surface area contributed by atoms with Crippen molar-refractivity contribution in [2.24, 2.45) is 11.8 Å². The van der Waals surface area contributed by atoms with Gasteiger partial charge in [0, 0.05) is 5.92 Å². The second-order valence-corrected chi connectivity index (χ2v) is 9.85. The lowest BCUT2D eigenvalue weighted by Crippen LogP contribution is -2.40. The summed E-state index contributed by atoms with van der Waals surface area (Å²) in [6, 6.07) is 10.8. The highest BCUT2D eigenvalue weighted by atomic mass is 28.3. The van der Waals surface area contributed by atoms with Crippen molar-refractivity contribution in [1.29, 1.82) is 0 Å². The van der Waals surface area contributed by atoms with E-state index in [9.17, 15) is 0 Å². The first kappa shape index (κ1) is 12.5. The van der Waals surface area contributed by atoms with Gasteiger partial charge in [0.2, 0.25) is 0 Å². The normalized spacial score (nSPS) is 24.2. The maximum atomic E-state index is 3.64. The monoisotopic (exact) mass is 242 g/mol. The molecule has 90 valence electrons. The first-order valence-corrected chi connectivity index (χ1v) is 9.68. The smallest absolute Gasteiger partial charge is 0.126 e. The van der Waals surface area contributed by atoms with Gasteiger partial charge in [-0.1, -0.05) is 56.8 Å². The first-order chi connectivity index (χ1) is 8.09. The van der Waals surface area contributed by atoms with Gasteiger partial charge in [0.15, 0.2) is 8.07 Å². The van der Waals surface area contributed by atoms with Gasteiger partial charge in [-0.2, -0.15) is 0 Å². The van der Waals surface area contributed by atoms with E-state index in [0.29, 0.717) is 5.92 Å². The molecule has 1 aliphatic carbocycles. The molecule has 0 spiro atoms. The van der Waals surface area contributed by atoms with Gasteiger partial charge in [-0.15, -0.1) is 11.5 Å². The molecule has 0 heterocycles. The molecule has 0 saturated heterocycles. The largest absolute Gasteiger partial charge is 0.162 e. The summed E-state index contributed by atoms with van der Waals surface area (Å²) in [4.78, 5) is 0. The molecule has 1 saturated carbocycles. The van der Waals surface area contributed by atoms with Crippen molar-refractivity contribution >= 4 is 13.3 Å². The third-order valence-electron chi connectivity index (χ3n) is 3.93. The average Bonchev–Trinajstić information content (AvgIpc) is 2.74. The van der Waals surface area contributed by atoms with E-state index in [-0.39, 0.29) is 0 Å². The molecule has 0 unspecified atom stereocenters. The second kappa shape index (κ2) is 5.10. The lowest BCUT2D eigenvalue weighted by Gasteiger charge is -2.16.